The highest BCUT2D eigenvalue weighted by molar-refractivity contribution is 7.15. The fourth-order valence-electron chi connectivity index (χ4n) is 1.32. The molecule has 0 amide bonds. The summed E-state index contributed by atoms with van der Waals surface area (Å²) in [5, 5.41) is 5.19. The molecule has 2 heterocycles. The largest absolute Gasteiger partial charge is 0.314 e. The Morgan fingerprint density at radius 3 is 3.25 bits per heavy atom. The van der Waals surface area contributed by atoms with Crippen molar-refractivity contribution in [3.05, 3.63) is 23.0 Å². The number of nitrogens with one attached hydrogen (secondary N) is 1. The molecular weight excluding hydrogens is 170 g/mol. The van der Waals surface area contributed by atoms with Gasteiger partial charge in [0.2, 0.25) is 0 Å². The van der Waals surface area contributed by atoms with E-state index in [1.807, 2.05) is 14.0 Å². The van der Waals surface area contributed by atoms with Crippen LogP contribution in [0, 0.1) is 6.92 Å². The van der Waals surface area contributed by atoms with Gasteiger partial charge in [-0.2, -0.15) is 0 Å². The maximum absolute atomic E-state index is 4.43. The highest BCUT2D eigenvalue weighted by atomic mass is 32.1. The third kappa shape index (κ3) is 1.04. The maximum atomic E-state index is 4.43. The number of rotatable bonds is 2. The second kappa shape index (κ2) is 2.88. The molecule has 0 atom stereocenters. The van der Waals surface area contributed by atoms with E-state index in [9.17, 15) is 0 Å². The predicted molar refractivity (Wildman–Crippen MR) is 50.6 cm³/mol. The van der Waals surface area contributed by atoms with Crippen LogP contribution in [0.3, 0.4) is 0 Å². The van der Waals surface area contributed by atoms with Gasteiger partial charge in [-0.1, -0.05) is 0 Å². The molecule has 0 aromatic carbocycles. The molecule has 0 saturated heterocycles. The van der Waals surface area contributed by atoms with Crippen LogP contribution in [-0.4, -0.2) is 16.4 Å². The van der Waals surface area contributed by atoms with Crippen molar-refractivity contribution >= 4 is 16.3 Å². The van der Waals surface area contributed by atoms with Crippen molar-refractivity contribution in [3.8, 4) is 0 Å². The number of hydrogen-bond acceptors (Lipinski definition) is 3. The van der Waals surface area contributed by atoms with E-state index in [4.69, 9.17) is 0 Å². The molecule has 12 heavy (non-hydrogen) atoms. The summed E-state index contributed by atoms with van der Waals surface area (Å²) >= 11 is 1.67. The third-order valence-corrected chi connectivity index (χ3v) is 2.66. The number of aromatic nitrogens is 2. The Kier molecular flexibility index (Phi) is 1.86. The summed E-state index contributed by atoms with van der Waals surface area (Å²) in [6.45, 7) is 2.93. The first-order valence-electron chi connectivity index (χ1n) is 3.88. The Morgan fingerprint density at radius 2 is 2.50 bits per heavy atom. The molecule has 64 valence electrons. The summed E-state index contributed by atoms with van der Waals surface area (Å²) in [6, 6.07) is 0. The number of thiazole rings is 1. The molecule has 2 aromatic rings. The minimum atomic E-state index is 0.879. The first-order chi connectivity index (χ1) is 5.83. The molecule has 0 aliphatic carbocycles. The molecule has 0 fully saturated rings. The molecule has 0 spiro atoms. The summed E-state index contributed by atoms with van der Waals surface area (Å²) in [5.74, 6) is 0. The predicted octanol–water partition coefficient (Wildman–Crippen LogP) is 1.42. The topological polar surface area (TPSA) is 29.3 Å². The van der Waals surface area contributed by atoms with Gasteiger partial charge in [0.05, 0.1) is 11.4 Å². The van der Waals surface area contributed by atoms with Gasteiger partial charge in [0.15, 0.2) is 4.96 Å². The zero-order valence-corrected chi connectivity index (χ0v) is 7.98. The van der Waals surface area contributed by atoms with Crippen molar-refractivity contribution in [1.82, 2.24) is 14.7 Å². The zero-order chi connectivity index (χ0) is 8.55. The molecule has 0 radical (unpaired) electrons. The number of aryl methyl sites for hydroxylation is 1. The maximum Gasteiger partial charge on any atom is 0.194 e. The second-order valence-electron chi connectivity index (χ2n) is 2.73. The van der Waals surface area contributed by atoms with E-state index in [0.717, 1.165) is 17.2 Å². The van der Waals surface area contributed by atoms with Crippen LogP contribution >= 0.6 is 11.3 Å². The van der Waals surface area contributed by atoms with Crippen molar-refractivity contribution in [1.29, 1.82) is 0 Å². The molecule has 2 rings (SSSR count). The molecule has 4 heteroatoms. The standard InChI is InChI=1S/C8H11N3S/c1-6-7(5-9-2)11-3-4-12-8(11)10-6/h3-4,9H,5H2,1-2H3. The number of nitrogens with zero attached hydrogens (tertiary/aromatic N) is 2. The van der Waals surface area contributed by atoms with E-state index in [1.54, 1.807) is 11.3 Å². The van der Waals surface area contributed by atoms with E-state index in [0.29, 0.717) is 0 Å². The van der Waals surface area contributed by atoms with Crippen LogP contribution in [0.1, 0.15) is 11.4 Å². The van der Waals surface area contributed by atoms with Crippen molar-refractivity contribution in [3.63, 3.8) is 0 Å². The molecular formula is C8H11N3S. The lowest BCUT2D eigenvalue weighted by atomic mass is 10.3. The van der Waals surface area contributed by atoms with Crippen molar-refractivity contribution in [2.24, 2.45) is 0 Å². The van der Waals surface area contributed by atoms with Crippen LogP contribution < -0.4 is 5.32 Å². The smallest absolute Gasteiger partial charge is 0.194 e. The highest BCUT2D eigenvalue weighted by Crippen LogP contribution is 2.16. The molecule has 0 aliphatic rings. The van der Waals surface area contributed by atoms with E-state index in [2.05, 4.69) is 26.3 Å². The summed E-state index contributed by atoms with van der Waals surface area (Å²) in [5.41, 5.74) is 2.38. The first-order valence-corrected chi connectivity index (χ1v) is 4.76. The molecule has 2 aromatic heterocycles. The van der Waals surface area contributed by atoms with Gasteiger partial charge in [-0.25, -0.2) is 4.98 Å². The van der Waals surface area contributed by atoms with Gasteiger partial charge in [0.25, 0.3) is 0 Å². The minimum absolute atomic E-state index is 0.879. The molecule has 0 bridgehead atoms. The average molecular weight is 181 g/mol. The van der Waals surface area contributed by atoms with Gasteiger partial charge in [0.1, 0.15) is 0 Å². The van der Waals surface area contributed by atoms with Crippen molar-refractivity contribution < 1.29 is 0 Å². The fourth-order valence-corrected chi connectivity index (χ4v) is 2.10. The van der Waals surface area contributed by atoms with Gasteiger partial charge < -0.3 is 5.32 Å². The summed E-state index contributed by atoms with van der Waals surface area (Å²) in [4.78, 5) is 5.51. The lowest BCUT2D eigenvalue weighted by Crippen LogP contribution is -2.08. The second-order valence-corrected chi connectivity index (χ2v) is 3.60. The van der Waals surface area contributed by atoms with Crippen LogP contribution in [0.25, 0.3) is 4.96 Å². The van der Waals surface area contributed by atoms with Gasteiger partial charge in [-0.05, 0) is 14.0 Å². The summed E-state index contributed by atoms with van der Waals surface area (Å²) < 4.78 is 2.14. The van der Waals surface area contributed by atoms with Crippen LogP contribution in [0.2, 0.25) is 0 Å². The molecule has 0 aliphatic heterocycles. The quantitative estimate of drug-likeness (QED) is 0.759. The van der Waals surface area contributed by atoms with E-state index < -0.39 is 0 Å². The van der Waals surface area contributed by atoms with Crippen molar-refractivity contribution in [2.45, 2.75) is 13.5 Å². The summed E-state index contributed by atoms with van der Waals surface area (Å²) in [7, 11) is 1.95. The van der Waals surface area contributed by atoms with Gasteiger partial charge in [-0.3, -0.25) is 4.40 Å². The molecule has 0 saturated carbocycles. The van der Waals surface area contributed by atoms with Crippen molar-refractivity contribution in [2.75, 3.05) is 7.05 Å². The minimum Gasteiger partial charge on any atom is -0.314 e. The third-order valence-electron chi connectivity index (χ3n) is 1.91. The van der Waals surface area contributed by atoms with Crippen LogP contribution in [0.15, 0.2) is 11.6 Å². The van der Waals surface area contributed by atoms with E-state index in [1.165, 1.54) is 5.69 Å². The number of hydrogen-bond donors (Lipinski definition) is 1. The van der Waals surface area contributed by atoms with Gasteiger partial charge >= 0.3 is 0 Å². The van der Waals surface area contributed by atoms with Gasteiger partial charge in [0, 0.05) is 18.1 Å². The van der Waals surface area contributed by atoms with Crippen LogP contribution in [-0.2, 0) is 6.54 Å². The number of imidazole rings is 1. The Bertz CT molecular complexity index is 388. The Balaban J connectivity index is 2.59. The Hall–Kier alpha value is -0.870. The molecule has 3 nitrogen and oxygen atoms in total. The lowest BCUT2D eigenvalue weighted by Gasteiger charge is -1.97. The highest BCUT2D eigenvalue weighted by Gasteiger charge is 2.07. The lowest BCUT2D eigenvalue weighted by molar-refractivity contribution is 0.777. The Morgan fingerprint density at radius 1 is 1.67 bits per heavy atom. The fraction of sp³-hybridized carbons (Fsp3) is 0.375. The monoisotopic (exact) mass is 181 g/mol. The average Bonchev–Trinajstić information content (AvgIpc) is 2.56. The van der Waals surface area contributed by atoms with E-state index >= 15 is 0 Å². The SMILES string of the molecule is CNCc1c(C)nc2sccn12. The normalized spacial score (nSPS) is 11.2. The van der Waals surface area contributed by atoms with Crippen LogP contribution in [0.4, 0.5) is 0 Å². The first kappa shape index (κ1) is 7.76. The van der Waals surface area contributed by atoms with Gasteiger partial charge in [-0.15, -0.1) is 11.3 Å². The molecule has 0 unspecified atom stereocenters. The zero-order valence-electron chi connectivity index (χ0n) is 7.16. The summed E-state index contributed by atoms with van der Waals surface area (Å²) in [6.07, 6.45) is 2.06. The Labute approximate surface area is 75.1 Å². The van der Waals surface area contributed by atoms with E-state index in [-0.39, 0.29) is 0 Å². The number of fused-ring (bicyclic) bond motifs is 1. The van der Waals surface area contributed by atoms with Crippen LogP contribution in [0.5, 0.6) is 0 Å². The molecule has 1 N–H and O–H groups in total.